The van der Waals surface area contributed by atoms with E-state index in [1.54, 1.807) is 35.2 Å². The summed E-state index contributed by atoms with van der Waals surface area (Å²) in [6.45, 7) is -0.331. The zero-order valence-electron chi connectivity index (χ0n) is 25.1. The van der Waals surface area contributed by atoms with E-state index in [4.69, 9.17) is 9.15 Å². The average Bonchev–Trinajstić information content (AvgIpc) is 3.73. The predicted octanol–water partition coefficient (Wildman–Crippen LogP) is 2.94. The summed E-state index contributed by atoms with van der Waals surface area (Å²) in [7, 11) is 1.28. The summed E-state index contributed by atoms with van der Waals surface area (Å²) in [5.74, 6) is -3.78. The van der Waals surface area contributed by atoms with Gasteiger partial charge in [0.1, 0.15) is 17.1 Å². The number of alkyl halides is 3. The molecule has 0 saturated carbocycles. The van der Waals surface area contributed by atoms with Gasteiger partial charge < -0.3 is 29.2 Å². The van der Waals surface area contributed by atoms with Gasteiger partial charge in [0, 0.05) is 50.6 Å². The lowest BCUT2D eigenvalue weighted by Gasteiger charge is -2.35. The van der Waals surface area contributed by atoms with E-state index in [0.29, 0.717) is 28.2 Å². The van der Waals surface area contributed by atoms with Crippen molar-refractivity contribution in [2.75, 3.05) is 44.7 Å². The Morgan fingerprint density at radius 3 is 2.52 bits per heavy atom. The van der Waals surface area contributed by atoms with E-state index < -0.39 is 41.3 Å². The molecule has 3 aromatic heterocycles. The van der Waals surface area contributed by atoms with Gasteiger partial charge in [0.2, 0.25) is 0 Å². The quantitative estimate of drug-likeness (QED) is 0.234. The van der Waals surface area contributed by atoms with E-state index in [1.807, 2.05) is 0 Å². The molecule has 4 aromatic rings. The Kier molecular flexibility index (Phi) is 7.21. The monoisotopic (exact) mass is 667 g/mol. The fourth-order valence-corrected chi connectivity index (χ4v) is 6.19. The minimum absolute atomic E-state index is 0.00555. The van der Waals surface area contributed by atoms with Crippen molar-refractivity contribution < 1.29 is 45.9 Å². The molecule has 0 aliphatic carbocycles. The van der Waals surface area contributed by atoms with Crippen LogP contribution in [0.5, 0.6) is 5.75 Å². The molecule has 6 heterocycles. The van der Waals surface area contributed by atoms with E-state index in [-0.39, 0.29) is 61.9 Å². The number of aromatic nitrogens is 2. The number of nitrogens with zero attached hydrogens (tertiary/aromatic N) is 5. The lowest BCUT2D eigenvalue weighted by atomic mass is 9.95. The second-order valence-corrected chi connectivity index (χ2v) is 11.5. The first-order chi connectivity index (χ1) is 22.9. The van der Waals surface area contributed by atoms with Gasteiger partial charge in [-0.2, -0.15) is 13.2 Å². The third-order valence-electron chi connectivity index (χ3n) is 8.61. The van der Waals surface area contributed by atoms with Crippen LogP contribution in [0.25, 0.3) is 22.4 Å². The van der Waals surface area contributed by atoms with E-state index >= 15 is 0 Å². The normalized spacial score (nSPS) is 19.5. The minimum Gasteiger partial charge on any atom is -0.494 e. The summed E-state index contributed by atoms with van der Waals surface area (Å²) < 4.78 is 64.5. The highest BCUT2D eigenvalue weighted by Gasteiger charge is 2.53. The molecule has 0 spiro atoms. The first-order valence-electron chi connectivity index (χ1n) is 14.6. The Morgan fingerprint density at radius 2 is 1.83 bits per heavy atom. The maximum atomic E-state index is 15.0. The fourth-order valence-electron chi connectivity index (χ4n) is 6.19. The van der Waals surface area contributed by atoms with Crippen molar-refractivity contribution in [3.8, 4) is 17.0 Å². The van der Waals surface area contributed by atoms with Crippen molar-refractivity contribution in [2.24, 2.45) is 0 Å². The zero-order valence-corrected chi connectivity index (χ0v) is 25.1. The third-order valence-corrected chi connectivity index (χ3v) is 8.61. The van der Waals surface area contributed by atoms with Gasteiger partial charge in [0.15, 0.2) is 22.7 Å². The number of amides is 5. The first-order valence-corrected chi connectivity index (χ1v) is 14.6. The number of carbonyl (C=O) groups excluding carboxylic acids is 4. The Bertz CT molecular complexity index is 2010. The molecule has 1 aromatic carbocycles. The maximum absolute atomic E-state index is 15.0. The molecule has 2 N–H and O–H groups in total. The molecule has 3 aliphatic heterocycles. The van der Waals surface area contributed by atoms with Crippen molar-refractivity contribution >= 4 is 40.7 Å². The molecule has 13 nitrogen and oxygen atoms in total. The van der Waals surface area contributed by atoms with Crippen molar-refractivity contribution in [1.82, 2.24) is 30.4 Å². The van der Waals surface area contributed by atoms with Crippen LogP contribution >= 0.6 is 0 Å². The number of nitrogens with one attached hydrogen (secondary N) is 2. The van der Waals surface area contributed by atoms with E-state index in [2.05, 4.69) is 20.6 Å². The highest BCUT2D eigenvalue weighted by molar-refractivity contribution is 6.08. The Labute approximate surface area is 268 Å². The number of rotatable bonds is 6. The SMILES string of the molecule is COc1ccc2c(c1F)C(=O)N(C[C@@]1(c3cc4nc(-c5ccnc(N6CCN(C(=O)C(F)(F)F)CC6)c5)ccc4o3)NC(=O)NC1=O)C2. The highest BCUT2D eigenvalue weighted by atomic mass is 19.4. The van der Waals surface area contributed by atoms with Crippen LogP contribution in [0.15, 0.2) is 53.1 Å². The number of ether oxygens (including phenoxy) is 1. The summed E-state index contributed by atoms with van der Waals surface area (Å²) in [5, 5.41) is 4.77. The number of halogens is 4. The second-order valence-electron chi connectivity index (χ2n) is 11.5. The smallest absolute Gasteiger partial charge is 0.471 e. The molecule has 17 heteroatoms. The average molecular weight is 668 g/mol. The lowest BCUT2D eigenvalue weighted by molar-refractivity contribution is -0.185. The maximum Gasteiger partial charge on any atom is 0.471 e. The predicted molar refractivity (Wildman–Crippen MR) is 158 cm³/mol. The Balaban J connectivity index is 1.15. The van der Waals surface area contributed by atoms with Gasteiger partial charge in [-0.15, -0.1) is 0 Å². The number of furan rings is 1. The molecule has 2 saturated heterocycles. The fraction of sp³-hybridized carbons (Fsp3) is 0.290. The van der Waals surface area contributed by atoms with Gasteiger partial charge in [-0.05, 0) is 35.9 Å². The number of fused-ring (bicyclic) bond motifs is 2. The number of methoxy groups -OCH3 is 1. The van der Waals surface area contributed by atoms with Gasteiger partial charge in [-0.25, -0.2) is 19.2 Å². The molecule has 0 unspecified atom stereocenters. The highest BCUT2D eigenvalue weighted by Crippen LogP contribution is 2.37. The molecule has 0 bridgehead atoms. The first kappa shape index (κ1) is 30.9. The number of imide groups is 1. The number of urea groups is 1. The van der Waals surface area contributed by atoms with Gasteiger partial charge in [-0.3, -0.25) is 19.7 Å². The summed E-state index contributed by atoms with van der Waals surface area (Å²) in [6, 6.07) is 10.3. The topological polar surface area (TPSA) is 150 Å². The summed E-state index contributed by atoms with van der Waals surface area (Å²) in [6.07, 6.45) is -3.41. The van der Waals surface area contributed by atoms with Gasteiger partial charge in [-0.1, -0.05) is 6.07 Å². The van der Waals surface area contributed by atoms with E-state index in [0.717, 1.165) is 4.90 Å². The largest absolute Gasteiger partial charge is 0.494 e. The molecule has 2 fully saturated rings. The molecule has 3 aliphatic rings. The number of hydrogen-bond donors (Lipinski definition) is 2. The second kappa shape index (κ2) is 11.2. The van der Waals surface area contributed by atoms with E-state index in [9.17, 15) is 36.7 Å². The summed E-state index contributed by atoms with van der Waals surface area (Å²) in [4.78, 5) is 63.4. The molecule has 1 atom stereocenters. The Morgan fingerprint density at radius 1 is 1.06 bits per heavy atom. The number of piperazine rings is 1. The molecular formula is C31H25F4N7O6. The number of hydrogen-bond acceptors (Lipinski definition) is 9. The third kappa shape index (κ3) is 5.10. The van der Waals surface area contributed by atoms with Crippen LogP contribution in [-0.4, -0.2) is 89.5 Å². The van der Waals surface area contributed by atoms with Crippen molar-refractivity contribution in [1.29, 1.82) is 0 Å². The standard InChI is InChI=1S/C31H25F4N7O6/c1-47-21-4-2-17-14-42(26(43)24(17)25(21)32)15-30(27(44)38-29(46)39-30)22-13-19-20(48-22)5-3-18(37-19)16-6-7-36-23(12-16)40-8-10-41(11-9-40)28(45)31(33,34)35/h2-7,12-13H,8-11,14-15H2,1H3,(H2,38,39,44,46)/t30-/m0/s1. The lowest BCUT2D eigenvalue weighted by Crippen LogP contribution is -2.52. The zero-order chi connectivity index (χ0) is 34.0. The van der Waals surface area contributed by atoms with Crippen LogP contribution in [0.3, 0.4) is 0 Å². The van der Waals surface area contributed by atoms with Crippen LogP contribution in [0.2, 0.25) is 0 Å². The van der Waals surface area contributed by atoms with Crippen LogP contribution in [-0.2, 0) is 21.7 Å². The van der Waals surface area contributed by atoms with Crippen LogP contribution in [0.4, 0.5) is 28.2 Å². The van der Waals surface area contributed by atoms with Crippen molar-refractivity contribution in [3.63, 3.8) is 0 Å². The molecule has 48 heavy (non-hydrogen) atoms. The molecule has 248 valence electrons. The molecule has 5 amide bonds. The van der Waals surface area contributed by atoms with Crippen LogP contribution < -0.4 is 20.3 Å². The van der Waals surface area contributed by atoms with Crippen LogP contribution in [0, 0.1) is 5.82 Å². The van der Waals surface area contributed by atoms with Gasteiger partial charge in [0.05, 0.1) is 24.9 Å². The van der Waals surface area contributed by atoms with Gasteiger partial charge >= 0.3 is 18.1 Å². The van der Waals surface area contributed by atoms with Gasteiger partial charge in [0.25, 0.3) is 11.8 Å². The number of anilines is 1. The van der Waals surface area contributed by atoms with Crippen molar-refractivity contribution in [2.45, 2.75) is 18.3 Å². The molecule has 0 radical (unpaired) electrons. The number of pyridine rings is 2. The summed E-state index contributed by atoms with van der Waals surface area (Å²) in [5.41, 5.74) is 0.0520. The molecular weight excluding hydrogens is 642 g/mol. The molecule has 7 rings (SSSR count). The summed E-state index contributed by atoms with van der Waals surface area (Å²) >= 11 is 0. The number of benzene rings is 1. The van der Waals surface area contributed by atoms with E-state index in [1.165, 1.54) is 30.3 Å². The Hall–Kier alpha value is -5.74. The number of carbonyl (C=O) groups is 4. The minimum atomic E-state index is -4.93. The van der Waals surface area contributed by atoms with Crippen molar-refractivity contribution in [3.05, 3.63) is 71.4 Å². The van der Waals surface area contributed by atoms with Crippen LogP contribution in [0.1, 0.15) is 21.7 Å².